The standard InChI is InChI=1S/C7H7NOS/c8-5-3-6(9)7-4(5)1-2-10-7/h1-2,5H,3,8H2/p+1. The van der Waals surface area contributed by atoms with Crippen LogP contribution in [0, 0.1) is 0 Å². The fraction of sp³-hybridized carbons (Fsp3) is 0.286. The lowest BCUT2D eigenvalue weighted by Gasteiger charge is -1.91. The van der Waals surface area contributed by atoms with Gasteiger partial charge in [0, 0.05) is 5.56 Å². The third kappa shape index (κ3) is 0.646. The van der Waals surface area contributed by atoms with Crippen molar-refractivity contribution < 1.29 is 10.5 Å². The van der Waals surface area contributed by atoms with E-state index in [1.165, 1.54) is 11.3 Å². The molecule has 52 valence electrons. The number of hydrogen-bond donors (Lipinski definition) is 1. The molecule has 0 aromatic carbocycles. The number of carbonyl (C=O) groups is 1. The normalized spacial score (nSPS) is 23.3. The molecule has 0 amide bonds. The van der Waals surface area contributed by atoms with Gasteiger partial charge in [0.05, 0.1) is 11.3 Å². The van der Waals surface area contributed by atoms with Crippen LogP contribution in [-0.2, 0) is 0 Å². The summed E-state index contributed by atoms with van der Waals surface area (Å²) in [5, 5.41) is 1.96. The highest BCUT2D eigenvalue weighted by Crippen LogP contribution is 2.31. The molecule has 3 heteroatoms. The lowest BCUT2D eigenvalue weighted by molar-refractivity contribution is -0.423. The number of ketones is 1. The van der Waals surface area contributed by atoms with Crippen molar-refractivity contribution in [2.24, 2.45) is 0 Å². The number of hydrogen-bond acceptors (Lipinski definition) is 2. The summed E-state index contributed by atoms with van der Waals surface area (Å²) >= 11 is 1.53. The third-order valence-corrected chi connectivity index (χ3v) is 2.79. The zero-order chi connectivity index (χ0) is 7.14. The van der Waals surface area contributed by atoms with E-state index in [2.05, 4.69) is 5.73 Å². The Morgan fingerprint density at radius 2 is 2.50 bits per heavy atom. The van der Waals surface area contributed by atoms with Crippen LogP contribution in [0.2, 0.25) is 0 Å². The van der Waals surface area contributed by atoms with Crippen molar-refractivity contribution in [3.05, 3.63) is 21.9 Å². The second-order valence-corrected chi connectivity index (χ2v) is 3.45. The summed E-state index contributed by atoms with van der Waals surface area (Å²) in [7, 11) is 0. The van der Waals surface area contributed by atoms with Gasteiger partial charge in [-0.05, 0) is 11.4 Å². The van der Waals surface area contributed by atoms with Crippen LogP contribution in [0.15, 0.2) is 11.4 Å². The Hall–Kier alpha value is -0.670. The van der Waals surface area contributed by atoms with Crippen molar-refractivity contribution in [3.8, 4) is 0 Å². The van der Waals surface area contributed by atoms with Gasteiger partial charge in [0.1, 0.15) is 6.04 Å². The van der Waals surface area contributed by atoms with Crippen LogP contribution in [0.4, 0.5) is 0 Å². The lowest BCUT2D eigenvalue weighted by Crippen LogP contribution is -2.52. The third-order valence-electron chi connectivity index (χ3n) is 1.82. The smallest absolute Gasteiger partial charge is 0.179 e. The quantitative estimate of drug-likeness (QED) is 0.585. The molecule has 0 spiro atoms. The molecule has 1 aliphatic rings. The summed E-state index contributed by atoms with van der Waals surface area (Å²) < 4.78 is 0. The first-order valence-corrected chi connectivity index (χ1v) is 4.10. The lowest BCUT2D eigenvalue weighted by atomic mass is 10.2. The maximum absolute atomic E-state index is 11.1. The molecule has 1 aromatic rings. The van der Waals surface area contributed by atoms with Gasteiger partial charge in [-0.15, -0.1) is 11.3 Å². The summed E-state index contributed by atoms with van der Waals surface area (Å²) in [6.45, 7) is 0. The van der Waals surface area contributed by atoms with Crippen molar-refractivity contribution in [2.75, 3.05) is 0 Å². The van der Waals surface area contributed by atoms with Gasteiger partial charge >= 0.3 is 0 Å². The molecular formula is C7H8NOS+. The minimum Gasteiger partial charge on any atom is -0.351 e. The second-order valence-electron chi connectivity index (χ2n) is 2.53. The molecule has 3 N–H and O–H groups in total. The molecule has 1 heterocycles. The van der Waals surface area contributed by atoms with Gasteiger partial charge in [-0.3, -0.25) is 4.79 Å². The molecule has 0 saturated heterocycles. The summed E-state index contributed by atoms with van der Waals surface area (Å²) in [5.41, 5.74) is 5.04. The summed E-state index contributed by atoms with van der Waals surface area (Å²) in [5.74, 6) is 0.269. The van der Waals surface area contributed by atoms with Gasteiger partial charge in [-0.1, -0.05) is 0 Å². The van der Waals surface area contributed by atoms with Crippen molar-refractivity contribution >= 4 is 17.1 Å². The Balaban J connectivity index is 2.58. The van der Waals surface area contributed by atoms with Gasteiger partial charge in [-0.2, -0.15) is 0 Å². The van der Waals surface area contributed by atoms with Crippen LogP contribution < -0.4 is 5.73 Å². The number of carbonyl (C=O) groups excluding carboxylic acids is 1. The Labute approximate surface area is 62.7 Å². The van der Waals surface area contributed by atoms with Gasteiger partial charge in [0.2, 0.25) is 0 Å². The van der Waals surface area contributed by atoms with E-state index < -0.39 is 0 Å². The second kappa shape index (κ2) is 1.90. The van der Waals surface area contributed by atoms with E-state index in [1.807, 2.05) is 11.4 Å². The van der Waals surface area contributed by atoms with Gasteiger partial charge in [0.15, 0.2) is 5.78 Å². The highest BCUT2D eigenvalue weighted by Gasteiger charge is 2.30. The van der Waals surface area contributed by atoms with E-state index in [0.29, 0.717) is 6.42 Å². The summed E-state index contributed by atoms with van der Waals surface area (Å²) in [6, 6.07) is 2.22. The highest BCUT2D eigenvalue weighted by atomic mass is 32.1. The number of thiophene rings is 1. The molecule has 0 saturated carbocycles. The average molecular weight is 154 g/mol. The fourth-order valence-corrected chi connectivity index (χ4v) is 2.23. The Morgan fingerprint density at radius 3 is 3.20 bits per heavy atom. The Kier molecular flexibility index (Phi) is 1.16. The van der Waals surface area contributed by atoms with Crippen LogP contribution in [0.3, 0.4) is 0 Å². The van der Waals surface area contributed by atoms with E-state index in [-0.39, 0.29) is 11.8 Å². The molecular weight excluding hydrogens is 146 g/mol. The van der Waals surface area contributed by atoms with Crippen LogP contribution >= 0.6 is 11.3 Å². The van der Waals surface area contributed by atoms with Crippen molar-refractivity contribution in [2.45, 2.75) is 12.5 Å². The zero-order valence-corrected chi connectivity index (χ0v) is 6.28. The first kappa shape index (κ1) is 6.07. The average Bonchev–Trinajstić information content (AvgIpc) is 2.39. The summed E-state index contributed by atoms with van der Waals surface area (Å²) in [6.07, 6.45) is 0.613. The van der Waals surface area contributed by atoms with Crippen LogP contribution in [0.5, 0.6) is 0 Å². The number of fused-ring (bicyclic) bond motifs is 1. The number of Topliss-reactive ketones (excluding diaryl/α,β-unsaturated/α-hetero) is 1. The van der Waals surface area contributed by atoms with E-state index in [0.717, 1.165) is 10.4 Å². The van der Waals surface area contributed by atoms with E-state index in [9.17, 15) is 4.79 Å². The molecule has 0 aliphatic heterocycles. The predicted molar refractivity (Wildman–Crippen MR) is 38.9 cm³/mol. The molecule has 0 radical (unpaired) electrons. The largest absolute Gasteiger partial charge is 0.351 e. The molecule has 1 unspecified atom stereocenters. The van der Waals surface area contributed by atoms with Gasteiger partial charge in [0.25, 0.3) is 0 Å². The monoisotopic (exact) mass is 154 g/mol. The molecule has 0 fully saturated rings. The molecule has 1 aliphatic carbocycles. The Bertz CT molecular complexity index is 279. The molecule has 1 aromatic heterocycles. The van der Waals surface area contributed by atoms with Crippen LogP contribution in [0.25, 0.3) is 0 Å². The Morgan fingerprint density at radius 1 is 1.70 bits per heavy atom. The zero-order valence-electron chi connectivity index (χ0n) is 5.46. The molecule has 2 nitrogen and oxygen atoms in total. The first-order valence-electron chi connectivity index (χ1n) is 3.22. The number of rotatable bonds is 0. The van der Waals surface area contributed by atoms with Crippen molar-refractivity contribution in [1.29, 1.82) is 0 Å². The summed E-state index contributed by atoms with van der Waals surface area (Å²) in [4.78, 5) is 12.0. The molecule has 0 bridgehead atoms. The first-order chi connectivity index (χ1) is 4.79. The molecule has 2 rings (SSSR count). The predicted octanol–water partition coefficient (Wildman–Crippen LogP) is 0.618. The topological polar surface area (TPSA) is 44.7 Å². The SMILES string of the molecule is [NH3+]C1CC(=O)c2sccc21. The highest BCUT2D eigenvalue weighted by molar-refractivity contribution is 7.12. The minimum atomic E-state index is 0.216. The van der Waals surface area contributed by atoms with Crippen LogP contribution in [-0.4, -0.2) is 5.78 Å². The van der Waals surface area contributed by atoms with E-state index in [4.69, 9.17) is 0 Å². The van der Waals surface area contributed by atoms with Gasteiger partial charge in [-0.25, -0.2) is 0 Å². The van der Waals surface area contributed by atoms with Crippen molar-refractivity contribution in [3.63, 3.8) is 0 Å². The van der Waals surface area contributed by atoms with Crippen molar-refractivity contribution in [1.82, 2.24) is 0 Å². The maximum atomic E-state index is 11.1. The van der Waals surface area contributed by atoms with E-state index in [1.54, 1.807) is 0 Å². The molecule has 1 atom stereocenters. The van der Waals surface area contributed by atoms with Gasteiger partial charge < -0.3 is 5.73 Å². The fourth-order valence-electron chi connectivity index (χ4n) is 1.29. The maximum Gasteiger partial charge on any atom is 0.179 e. The molecule has 10 heavy (non-hydrogen) atoms. The van der Waals surface area contributed by atoms with Crippen LogP contribution in [0.1, 0.15) is 27.7 Å². The van der Waals surface area contributed by atoms with E-state index >= 15 is 0 Å². The number of quaternary nitrogens is 1. The minimum absolute atomic E-state index is 0.216.